The predicted molar refractivity (Wildman–Crippen MR) is 63.2 cm³/mol. The van der Waals surface area contributed by atoms with Gasteiger partial charge in [-0.2, -0.15) is 13.2 Å². The maximum absolute atomic E-state index is 13.1. The summed E-state index contributed by atoms with van der Waals surface area (Å²) >= 11 is 0. The lowest BCUT2D eigenvalue weighted by molar-refractivity contribution is -0.140. The molecule has 6 heteroatoms. The number of carbonyl (C=O) groups is 1. The summed E-state index contributed by atoms with van der Waals surface area (Å²) < 4.78 is 50.6. The van der Waals surface area contributed by atoms with E-state index in [9.17, 15) is 22.4 Å². The Hall–Kier alpha value is -1.43. The molecule has 2 N–H and O–H groups in total. The molecule has 0 radical (unpaired) electrons. The van der Waals surface area contributed by atoms with Gasteiger partial charge in [0.2, 0.25) is 0 Å². The molecule has 0 aliphatic carbocycles. The molecule has 1 rings (SSSR count). The Morgan fingerprint density at radius 3 is 2.37 bits per heavy atom. The molecule has 106 valence electrons. The first-order valence-corrected chi connectivity index (χ1v) is 5.78. The molecule has 0 bridgehead atoms. The normalized spacial score (nSPS) is 13.7. The number of alkyl halides is 3. The lowest BCUT2D eigenvalue weighted by atomic mass is 9.96. The number of Topliss-reactive ketones (excluding diaryl/α,β-unsaturated/α-hetero) is 1. The summed E-state index contributed by atoms with van der Waals surface area (Å²) in [6.07, 6.45) is -4.89. The van der Waals surface area contributed by atoms with Gasteiger partial charge in [0.25, 0.3) is 0 Å². The summed E-state index contributed by atoms with van der Waals surface area (Å²) in [5.74, 6) is -1.88. The maximum Gasteiger partial charge on any atom is 0.419 e. The van der Waals surface area contributed by atoms with E-state index in [0.717, 1.165) is 6.07 Å². The molecular formula is C13H15F4NO. The monoisotopic (exact) mass is 277 g/mol. The highest BCUT2D eigenvalue weighted by molar-refractivity contribution is 5.96. The van der Waals surface area contributed by atoms with Gasteiger partial charge >= 0.3 is 6.18 Å². The van der Waals surface area contributed by atoms with E-state index in [1.54, 1.807) is 0 Å². The average Bonchev–Trinajstić information content (AvgIpc) is 2.27. The van der Waals surface area contributed by atoms with E-state index >= 15 is 0 Å². The molecule has 0 saturated carbocycles. The van der Waals surface area contributed by atoms with Crippen LogP contribution in [0.4, 0.5) is 17.6 Å². The minimum Gasteiger partial charge on any atom is -0.327 e. The zero-order valence-electron chi connectivity index (χ0n) is 10.6. The molecule has 1 aromatic carbocycles. The second-order valence-electron chi connectivity index (χ2n) is 4.73. The number of halogens is 4. The molecule has 0 fully saturated rings. The Bertz CT molecular complexity index is 468. The fraction of sp³-hybridized carbons (Fsp3) is 0.462. The molecule has 0 aliphatic heterocycles. The molecule has 1 aromatic rings. The van der Waals surface area contributed by atoms with Crippen molar-refractivity contribution in [1.82, 2.24) is 0 Å². The van der Waals surface area contributed by atoms with Crippen molar-refractivity contribution in [1.29, 1.82) is 0 Å². The zero-order chi connectivity index (χ0) is 14.8. The van der Waals surface area contributed by atoms with E-state index in [2.05, 4.69) is 0 Å². The molecule has 19 heavy (non-hydrogen) atoms. The molecule has 2 nitrogen and oxygen atoms in total. The molecular weight excluding hydrogens is 262 g/mol. The van der Waals surface area contributed by atoms with Gasteiger partial charge in [0.05, 0.1) is 5.56 Å². The van der Waals surface area contributed by atoms with Crippen LogP contribution in [0.15, 0.2) is 18.2 Å². The van der Waals surface area contributed by atoms with Gasteiger partial charge in [-0.3, -0.25) is 4.79 Å². The van der Waals surface area contributed by atoms with Crippen LogP contribution in [-0.2, 0) is 6.18 Å². The van der Waals surface area contributed by atoms with Gasteiger partial charge in [-0.15, -0.1) is 0 Å². The standard InChI is InChI=1S/C13H15F4NO/c1-7(2)11(18)6-12(19)8-3-4-10(14)9(5-8)13(15,16)17/h3-5,7,11H,6,18H2,1-2H3. The first-order chi connectivity index (χ1) is 8.62. The van der Waals surface area contributed by atoms with Crippen molar-refractivity contribution in [3.63, 3.8) is 0 Å². The Kier molecular flexibility index (Phi) is 4.68. The van der Waals surface area contributed by atoms with Gasteiger partial charge in [0.1, 0.15) is 5.82 Å². The Balaban J connectivity index is 3.00. The Labute approximate surface area is 108 Å². The van der Waals surface area contributed by atoms with Crippen LogP contribution in [-0.4, -0.2) is 11.8 Å². The van der Waals surface area contributed by atoms with E-state index in [-0.39, 0.29) is 17.9 Å². The van der Waals surface area contributed by atoms with Crippen LogP contribution >= 0.6 is 0 Å². The van der Waals surface area contributed by atoms with Crippen LogP contribution in [0.3, 0.4) is 0 Å². The van der Waals surface area contributed by atoms with Gasteiger partial charge in [0, 0.05) is 18.0 Å². The van der Waals surface area contributed by atoms with Crippen LogP contribution in [0.25, 0.3) is 0 Å². The quantitative estimate of drug-likeness (QED) is 0.677. The fourth-order valence-corrected chi connectivity index (χ4v) is 1.48. The first kappa shape index (κ1) is 15.6. The summed E-state index contributed by atoms with van der Waals surface area (Å²) in [5.41, 5.74) is 4.08. The molecule has 0 amide bonds. The second kappa shape index (κ2) is 5.69. The zero-order valence-corrected chi connectivity index (χ0v) is 10.6. The van der Waals surface area contributed by atoms with Gasteiger partial charge in [-0.1, -0.05) is 13.8 Å². The highest BCUT2D eigenvalue weighted by Crippen LogP contribution is 2.32. The number of hydrogen-bond acceptors (Lipinski definition) is 2. The number of nitrogens with two attached hydrogens (primary N) is 1. The van der Waals surface area contributed by atoms with Crippen molar-refractivity contribution < 1.29 is 22.4 Å². The number of benzene rings is 1. The minimum atomic E-state index is -4.82. The third kappa shape index (κ3) is 4.02. The number of rotatable bonds is 4. The van der Waals surface area contributed by atoms with Crippen molar-refractivity contribution in [2.75, 3.05) is 0 Å². The van der Waals surface area contributed by atoms with E-state index in [1.807, 2.05) is 13.8 Å². The average molecular weight is 277 g/mol. The highest BCUT2D eigenvalue weighted by Gasteiger charge is 2.34. The molecule has 0 aliphatic rings. The first-order valence-electron chi connectivity index (χ1n) is 5.78. The van der Waals surface area contributed by atoms with E-state index < -0.39 is 29.4 Å². The largest absolute Gasteiger partial charge is 0.419 e. The fourth-order valence-electron chi connectivity index (χ4n) is 1.48. The number of carbonyl (C=O) groups excluding carboxylic acids is 1. The summed E-state index contributed by atoms with van der Waals surface area (Å²) in [7, 11) is 0. The van der Waals surface area contributed by atoms with Crippen molar-refractivity contribution in [2.45, 2.75) is 32.5 Å². The van der Waals surface area contributed by atoms with E-state index in [0.29, 0.717) is 12.1 Å². The summed E-state index contributed by atoms with van der Waals surface area (Å²) in [6, 6.07) is 1.79. The lowest BCUT2D eigenvalue weighted by Crippen LogP contribution is -2.29. The summed E-state index contributed by atoms with van der Waals surface area (Å²) in [6.45, 7) is 3.62. The van der Waals surface area contributed by atoms with Gasteiger partial charge < -0.3 is 5.73 Å². The molecule has 0 aromatic heterocycles. The van der Waals surface area contributed by atoms with Gasteiger partial charge in [-0.25, -0.2) is 4.39 Å². The molecule has 1 atom stereocenters. The molecule has 0 spiro atoms. The van der Waals surface area contributed by atoms with Crippen molar-refractivity contribution in [3.8, 4) is 0 Å². The van der Waals surface area contributed by atoms with Crippen molar-refractivity contribution in [2.24, 2.45) is 11.7 Å². The van der Waals surface area contributed by atoms with Crippen molar-refractivity contribution >= 4 is 5.78 Å². The van der Waals surface area contributed by atoms with Gasteiger partial charge in [0.15, 0.2) is 5.78 Å². The molecule has 0 saturated heterocycles. The Morgan fingerprint density at radius 1 is 1.32 bits per heavy atom. The maximum atomic E-state index is 13.1. The number of hydrogen-bond donors (Lipinski definition) is 1. The van der Waals surface area contributed by atoms with Crippen LogP contribution < -0.4 is 5.73 Å². The minimum absolute atomic E-state index is 0.0338. The predicted octanol–water partition coefficient (Wildman–Crippen LogP) is 3.40. The second-order valence-corrected chi connectivity index (χ2v) is 4.73. The van der Waals surface area contributed by atoms with E-state index in [4.69, 9.17) is 5.73 Å². The van der Waals surface area contributed by atoms with Gasteiger partial charge in [-0.05, 0) is 24.1 Å². The SMILES string of the molecule is CC(C)C(N)CC(=O)c1ccc(F)c(C(F)(F)F)c1. The topological polar surface area (TPSA) is 43.1 Å². The highest BCUT2D eigenvalue weighted by atomic mass is 19.4. The third-order valence-corrected chi connectivity index (χ3v) is 2.87. The number of ketones is 1. The van der Waals surface area contributed by atoms with Crippen LogP contribution in [0.5, 0.6) is 0 Å². The molecule has 1 unspecified atom stereocenters. The summed E-state index contributed by atoms with van der Waals surface area (Å²) in [5, 5.41) is 0. The molecule has 0 heterocycles. The van der Waals surface area contributed by atoms with Crippen LogP contribution in [0.1, 0.15) is 36.2 Å². The lowest BCUT2D eigenvalue weighted by Gasteiger charge is -2.15. The third-order valence-electron chi connectivity index (χ3n) is 2.87. The summed E-state index contributed by atoms with van der Waals surface area (Å²) in [4.78, 5) is 11.8. The Morgan fingerprint density at radius 2 is 1.89 bits per heavy atom. The van der Waals surface area contributed by atoms with Crippen molar-refractivity contribution in [3.05, 3.63) is 35.1 Å². The van der Waals surface area contributed by atoms with Crippen LogP contribution in [0.2, 0.25) is 0 Å². The smallest absolute Gasteiger partial charge is 0.327 e. The van der Waals surface area contributed by atoms with Crippen LogP contribution in [0, 0.1) is 11.7 Å². The van der Waals surface area contributed by atoms with E-state index in [1.165, 1.54) is 0 Å².